The predicted octanol–water partition coefficient (Wildman–Crippen LogP) is 4.75. The highest BCUT2D eigenvalue weighted by molar-refractivity contribution is 7.90. The number of rotatable bonds is 4. The Hall–Kier alpha value is -2.44. The summed E-state index contributed by atoms with van der Waals surface area (Å²) < 4.78 is 23.3. The van der Waals surface area contributed by atoms with Crippen molar-refractivity contribution in [1.82, 2.24) is 4.90 Å². The number of benzene rings is 2. The van der Waals surface area contributed by atoms with E-state index in [0.717, 1.165) is 23.3 Å². The molecule has 3 aromatic rings. The van der Waals surface area contributed by atoms with Gasteiger partial charge in [-0.2, -0.15) is 0 Å². The second kappa shape index (κ2) is 7.43. The van der Waals surface area contributed by atoms with Crippen molar-refractivity contribution in [3.63, 3.8) is 0 Å². The molecule has 1 heterocycles. The van der Waals surface area contributed by atoms with Crippen molar-refractivity contribution in [3.8, 4) is 10.4 Å². The summed E-state index contributed by atoms with van der Waals surface area (Å²) in [5.41, 5.74) is 4.73. The summed E-state index contributed by atoms with van der Waals surface area (Å²) in [4.78, 5) is 17.1. The lowest BCUT2D eigenvalue weighted by Gasteiger charge is -2.25. The molecule has 0 saturated carbocycles. The van der Waals surface area contributed by atoms with E-state index in [1.165, 1.54) is 27.8 Å². The third kappa shape index (κ3) is 3.74. The normalized spacial score (nSPS) is 14.0. The molecule has 0 spiro atoms. The Labute approximate surface area is 175 Å². The van der Waals surface area contributed by atoms with Gasteiger partial charge in [-0.05, 0) is 60.2 Å². The van der Waals surface area contributed by atoms with Gasteiger partial charge in [0.25, 0.3) is 5.91 Å². The second-order valence-electron chi connectivity index (χ2n) is 7.56. The van der Waals surface area contributed by atoms with Crippen molar-refractivity contribution in [3.05, 3.63) is 76.2 Å². The van der Waals surface area contributed by atoms with Gasteiger partial charge in [0.2, 0.25) is 0 Å². The Balaban J connectivity index is 1.58. The minimum absolute atomic E-state index is 0.0124. The molecule has 1 amide bonds. The number of nitrogens with zero attached hydrogens (tertiary/aromatic N) is 1. The summed E-state index contributed by atoms with van der Waals surface area (Å²) in [6.45, 7) is 1.95. The van der Waals surface area contributed by atoms with E-state index in [9.17, 15) is 13.2 Å². The zero-order valence-corrected chi connectivity index (χ0v) is 18.3. The first-order chi connectivity index (χ1) is 13.8. The van der Waals surface area contributed by atoms with E-state index in [1.54, 1.807) is 47.5 Å². The third-order valence-electron chi connectivity index (χ3n) is 5.64. The van der Waals surface area contributed by atoms with E-state index in [0.29, 0.717) is 0 Å². The van der Waals surface area contributed by atoms with Crippen molar-refractivity contribution in [2.45, 2.75) is 30.7 Å². The summed E-state index contributed by atoms with van der Waals surface area (Å²) in [7, 11) is -1.43. The molecular weight excluding hydrogens is 402 g/mol. The number of sulfone groups is 1. The van der Waals surface area contributed by atoms with E-state index < -0.39 is 9.84 Å². The standard InChI is InChI=1S/C23H23NO3S2/c1-15(16-10-12-19(13-11-16)29(3,26)27)24(2)23(25)21-14-18-9-8-17-6-4-5-7-20(17)22(18)28-21/h4-7,10-15H,8-9H2,1-3H3. The molecule has 0 aliphatic heterocycles. The van der Waals surface area contributed by atoms with Crippen molar-refractivity contribution < 1.29 is 13.2 Å². The molecule has 0 saturated heterocycles. The highest BCUT2D eigenvalue weighted by atomic mass is 32.2. The Morgan fingerprint density at radius 3 is 2.38 bits per heavy atom. The molecule has 150 valence electrons. The number of aryl methyl sites for hydroxylation is 2. The van der Waals surface area contributed by atoms with Crippen LogP contribution in [0.2, 0.25) is 0 Å². The largest absolute Gasteiger partial charge is 0.334 e. The van der Waals surface area contributed by atoms with Gasteiger partial charge in [-0.25, -0.2) is 8.42 Å². The maximum atomic E-state index is 13.2. The third-order valence-corrected chi connectivity index (χ3v) is 7.96. The van der Waals surface area contributed by atoms with E-state index in [1.807, 2.05) is 19.1 Å². The molecule has 1 unspecified atom stereocenters. The van der Waals surface area contributed by atoms with Crippen molar-refractivity contribution in [2.75, 3.05) is 13.3 Å². The Morgan fingerprint density at radius 1 is 1.03 bits per heavy atom. The van der Waals surface area contributed by atoms with Gasteiger partial charge in [-0.3, -0.25) is 4.79 Å². The second-order valence-corrected chi connectivity index (χ2v) is 10.6. The lowest BCUT2D eigenvalue weighted by atomic mass is 9.91. The fraction of sp³-hybridized carbons (Fsp3) is 0.261. The Morgan fingerprint density at radius 2 is 1.69 bits per heavy atom. The lowest BCUT2D eigenvalue weighted by Crippen LogP contribution is -2.29. The SMILES string of the molecule is CC(c1ccc(S(C)(=O)=O)cc1)N(C)C(=O)c1cc2c(s1)-c1ccccc1CC2. The van der Waals surface area contributed by atoms with Gasteiger partial charge in [-0.1, -0.05) is 36.4 Å². The quantitative estimate of drug-likeness (QED) is 0.606. The number of hydrogen-bond donors (Lipinski definition) is 0. The zero-order valence-electron chi connectivity index (χ0n) is 16.7. The summed E-state index contributed by atoms with van der Waals surface area (Å²) in [5.74, 6) is -0.0124. The van der Waals surface area contributed by atoms with Crippen LogP contribution in [0.15, 0.2) is 59.5 Å². The molecule has 1 aliphatic rings. The minimum atomic E-state index is -3.23. The number of carbonyl (C=O) groups is 1. The summed E-state index contributed by atoms with van der Waals surface area (Å²) in [6.07, 6.45) is 3.16. The minimum Gasteiger partial charge on any atom is -0.334 e. The lowest BCUT2D eigenvalue weighted by molar-refractivity contribution is 0.0747. The van der Waals surface area contributed by atoms with Crippen molar-refractivity contribution in [1.29, 1.82) is 0 Å². The van der Waals surface area contributed by atoms with E-state index in [2.05, 4.69) is 18.2 Å². The van der Waals surface area contributed by atoms with Gasteiger partial charge < -0.3 is 4.90 Å². The van der Waals surface area contributed by atoms with Crippen LogP contribution in [0, 0.1) is 0 Å². The molecule has 1 atom stereocenters. The molecule has 0 radical (unpaired) electrons. The number of amides is 1. The molecule has 29 heavy (non-hydrogen) atoms. The van der Waals surface area contributed by atoms with Crippen molar-refractivity contribution >= 4 is 27.1 Å². The predicted molar refractivity (Wildman–Crippen MR) is 117 cm³/mol. The monoisotopic (exact) mass is 425 g/mol. The molecule has 1 aliphatic carbocycles. The number of thiophene rings is 1. The first-order valence-corrected chi connectivity index (χ1v) is 12.2. The van der Waals surface area contributed by atoms with Crippen LogP contribution in [0.25, 0.3) is 10.4 Å². The van der Waals surface area contributed by atoms with Gasteiger partial charge in [0.05, 0.1) is 15.8 Å². The van der Waals surface area contributed by atoms with Crippen LogP contribution in [0.4, 0.5) is 0 Å². The summed E-state index contributed by atoms with van der Waals surface area (Å²) in [6, 6.07) is 17.0. The summed E-state index contributed by atoms with van der Waals surface area (Å²) in [5, 5.41) is 0. The van der Waals surface area contributed by atoms with Gasteiger partial charge in [-0.15, -0.1) is 11.3 Å². The van der Waals surface area contributed by atoms with Crippen LogP contribution in [0.5, 0.6) is 0 Å². The van der Waals surface area contributed by atoms with Gasteiger partial charge >= 0.3 is 0 Å². The number of hydrogen-bond acceptors (Lipinski definition) is 4. The molecule has 1 aromatic heterocycles. The summed E-state index contributed by atoms with van der Waals surface area (Å²) >= 11 is 1.56. The smallest absolute Gasteiger partial charge is 0.264 e. The first-order valence-electron chi connectivity index (χ1n) is 9.54. The fourth-order valence-corrected chi connectivity index (χ4v) is 5.63. The van der Waals surface area contributed by atoms with Gasteiger partial charge in [0, 0.05) is 18.2 Å². The van der Waals surface area contributed by atoms with Crippen LogP contribution in [0.3, 0.4) is 0 Å². The number of carbonyl (C=O) groups excluding carboxylic acids is 1. The van der Waals surface area contributed by atoms with E-state index in [4.69, 9.17) is 0 Å². The zero-order chi connectivity index (χ0) is 20.8. The van der Waals surface area contributed by atoms with E-state index >= 15 is 0 Å². The number of fused-ring (bicyclic) bond motifs is 3. The van der Waals surface area contributed by atoms with Gasteiger partial charge in [0.15, 0.2) is 9.84 Å². The Kier molecular flexibility index (Phi) is 5.09. The average molecular weight is 426 g/mol. The Bertz CT molecular complexity index is 1180. The first kappa shape index (κ1) is 19.9. The average Bonchev–Trinajstić information content (AvgIpc) is 3.16. The van der Waals surface area contributed by atoms with Crippen LogP contribution in [-0.2, 0) is 22.7 Å². The molecule has 0 fully saturated rings. The maximum Gasteiger partial charge on any atom is 0.264 e. The molecule has 0 N–H and O–H groups in total. The molecule has 0 bridgehead atoms. The topological polar surface area (TPSA) is 54.5 Å². The molecule has 4 nitrogen and oxygen atoms in total. The van der Waals surface area contributed by atoms with Crippen LogP contribution < -0.4 is 0 Å². The fourth-order valence-electron chi connectivity index (χ4n) is 3.74. The molecular formula is C23H23NO3S2. The van der Waals surface area contributed by atoms with Crippen LogP contribution in [-0.4, -0.2) is 32.5 Å². The highest BCUT2D eigenvalue weighted by Gasteiger charge is 2.25. The molecule has 4 rings (SSSR count). The van der Waals surface area contributed by atoms with Crippen LogP contribution in [0.1, 0.15) is 39.3 Å². The van der Waals surface area contributed by atoms with E-state index in [-0.39, 0.29) is 16.8 Å². The maximum absolute atomic E-state index is 13.2. The van der Waals surface area contributed by atoms with Gasteiger partial charge in [0.1, 0.15) is 0 Å². The molecule has 2 aromatic carbocycles. The molecule has 6 heteroatoms. The highest BCUT2D eigenvalue weighted by Crippen LogP contribution is 2.40. The van der Waals surface area contributed by atoms with Crippen molar-refractivity contribution in [2.24, 2.45) is 0 Å². The van der Waals surface area contributed by atoms with Crippen LogP contribution >= 0.6 is 11.3 Å².